The Morgan fingerprint density at radius 3 is 2.52 bits per heavy atom. The number of carboxylic acid groups (broad SMARTS) is 1. The summed E-state index contributed by atoms with van der Waals surface area (Å²) in [5.41, 5.74) is 7.11. The highest BCUT2D eigenvalue weighted by atomic mass is 32.2. The van der Waals surface area contributed by atoms with Crippen LogP contribution in [0.25, 0.3) is 0 Å². The minimum absolute atomic E-state index is 0.195. The number of amides is 1. The molecule has 0 unspecified atom stereocenters. The van der Waals surface area contributed by atoms with E-state index in [2.05, 4.69) is 0 Å². The Morgan fingerprint density at radius 2 is 2.00 bits per heavy atom. The number of nitrogens with zero attached hydrogens (tertiary/aromatic N) is 1. The van der Waals surface area contributed by atoms with Crippen molar-refractivity contribution < 1.29 is 14.7 Å². The Morgan fingerprint density at radius 1 is 1.33 bits per heavy atom. The molecule has 0 spiro atoms. The van der Waals surface area contributed by atoms with Gasteiger partial charge in [0.05, 0.1) is 9.99 Å². The molecule has 0 aliphatic rings. The molecule has 0 aliphatic carbocycles. The molecule has 7 heteroatoms. The topological polar surface area (TPSA) is 104 Å². The van der Waals surface area contributed by atoms with E-state index in [-0.39, 0.29) is 11.3 Å². The lowest BCUT2D eigenvalue weighted by atomic mass is 10.1. The molecule has 0 aliphatic heterocycles. The maximum atomic E-state index is 11.3. The maximum absolute atomic E-state index is 11.3. The number of primary amides is 1. The van der Waals surface area contributed by atoms with Crippen LogP contribution in [-0.4, -0.2) is 22.7 Å². The molecule has 0 heterocycles. The molecular weight excluding hydrogens is 308 g/mol. The number of hydrogen-bond acceptors (Lipinski definition) is 5. The molecule has 21 heavy (non-hydrogen) atoms. The molecule has 0 atom stereocenters. The summed E-state index contributed by atoms with van der Waals surface area (Å²) in [5.74, 6) is -1.56. The fourth-order valence-electron chi connectivity index (χ4n) is 1.43. The van der Waals surface area contributed by atoms with Crippen molar-refractivity contribution in [1.82, 2.24) is 0 Å². The lowest BCUT2D eigenvalue weighted by Gasteiger charge is -2.09. The van der Waals surface area contributed by atoms with Gasteiger partial charge in [-0.3, -0.25) is 9.59 Å². The molecule has 0 radical (unpaired) electrons. The van der Waals surface area contributed by atoms with Crippen molar-refractivity contribution in [2.75, 3.05) is 5.75 Å². The number of carboxylic acids is 1. The molecule has 0 saturated heterocycles. The number of benzene rings is 1. The third-order valence-corrected chi connectivity index (χ3v) is 5.00. The number of nitrogens with two attached hydrogens (primary N) is 1. The van der Waals surface area contributed by atoms with Gasteiger partial charge in [0, 0.05) is 5.75 Å². The molecule has 1 rings (SSSR count). The third-order valence-electron chi connectivity index (χ3n) is 2.51. The second-order valence-corrected chi connectivity index (χ2v) is 6.27. The summed E-state index contributed by atoms with van der Waals surface area (Å²) in [6, 6.07) is 9.47. The van der Waals surface area contributed by atoms with Crippen molar-refractivity contribution in [3.63, 3.8) is 0 Å². The first-order chi connectivity index (χ1) is 9.95. The Hall–Kier alpha value is -1.91. The van der Waals surface area contributed by atoms with Crippen LogP contribution < -0.4 is 5.73 Å². The average molecular weight is 322 g/mol. The second-order valence-electron chi connectivity index (χ2n) is 4.04. The summed E-state index contributed by atoms with van der Waals surface area (Å²) < 4.78 is 0.343. The van der Waals surface area contributed by atoms with Gasteiger partial charge in [-0.25, -0.2) is 0 Å². The Bertz CT molecular complexity index is 621. The summed E-state index contributed by atoms with van der Waals surface area (Å²) in [6.45, 7) is 1.96. The van der Waals surface area contributed by atoms with Crippen LogP contribution in [0.15, 0.2) is 34.1 Å². The zero-order valence-corrected chi connectivity index (χ0v) is 13.0. The molecule has 1 aromatic carbocycles. The number of hydrogen-bond donors (Lipinski definition) is 2. The molecular formula is C14H14N2O3S2. The van der Waals surface area contributed by atoms with Crippen LogP contribution in [0.4, 0.5) is 0 Å². The van der Waals surface area contributed by atoms with E-state index in [1.54, 1.807) is 6.07 Å². The maximum Gasteiger partial charge on any atom is 0.313 e. The van der Waals surface area contributed by atoms with Gasteiger partial charge in [0.1, 0.15) is 11.6 Å². The van der Waals surface area contributed by atoms with Crippen LogP contribution in [0, 0.1) is 18.3 Å². The second kappa shape index (κ2) is 8.39. The van der Waals surface area contributed by atoms with Gasteiger partial charge in [0.25, 0.3) is 5.91 Å². The highest BCUT2D eigenvalue weighted by Gasteiger charge is 2.15. The number of carbonyl (C=O) groups is 2. The van der Waals surface area contributed by atoms with Gasteiger partial charge in [-0.05, 0) is 18.1 Å². The summed E-state index contributed by atoms with van der Waals surface area (Å²) in [5, 5.41) is 17.7. The van der Waals surface area contributed by atoms with Crippen molar-refractivity contribution in [2.24, 2.45) is 5.73 Å². The zero-order valence-electron chi connectivity index (χ0n) is 11.3. The van der Waals surface area contributed by atoms with E-state index in [1.807, 2.05) is 31.2 Å². The highest BCUT2D eigenvalue weighted by molar-refractivity contribution is 8.22. The Labute approximate surface area is 131 Å². The van der Waals surface area contributed by atoms with Crippen molar-refractivity contribution >= 4 is 35.4 Å². The van der Waals surface area contributed by atoms with Crippen LogP contribution in [0.3, 0.4) is 0 Å². The van der Waals surface area contributed by atoms with E-state index in [4.69, 9.17) is 16.1 Å². The largest absolute Gasteiger partial charge is 0.481 e. The minimum atomic E-state index is -1.02. The highest BCUT2D eigenvalue weighted by Crippen LogP contribution is 2.34. The Balaban J connectivity index is 2.93. The van der Waals surface area contributed by atoms with Gasteiger partial charge in [-0.15, -0.1) is 23.5 Å². The number of thioether (sulfide) groups is 2. The normalized spacial score (nSPS) is 11.4. The van der Waals surface area contributed by atoms with Gasteiger partial charge in [0.2, 0.25) is 0 Å². The van der Waals surface area contributed by atoms with Gasteiger partial charge in [-0.1, -0.05) is 24.3 Å². The summed E-state index contributed by atoms with van der Waals surface area (Å²) in [4.78, 5) is 21.9. The number of nitriles is 1. The first-order valence-electron chi connectivity index (χ1n) is 5.91. The van der Waals surface area contributed by atoms with Gasteiger partial charge in [-0.2, -0.15) is 5.26 Å². The predicted molar refractivity (Wildman–Crippen MR) is 84.4 cm³/mol. The van der Waals surface area contributed by atoms with Gasteiger partial charge >= 0.3 is 5.97 Å². The molecule has 0 saturated carbocycles. The molecule has 5 nitrogen and oxygen atoms in total. The van der Waals surface area contributed by atoms with Crippen molar-refractivity contribution in [3.05, 3.63) is 45.2 Å². The number of carbonyl (C=O) groups excluding carboxylic acids is 1. The van der Waals surface area contributed by atoms with E-state index in [0.717, 1.165) is 22.9 Å². The molecule has 0 fully saturated rings. The van der Waals surface area contributed by atoms with Crippen molar-refractivity contribution in [1.29, 1.82) is 5.26 Å². The van der Waals surface area contributed by atoms with E-state index in [1.165, 1.54) is 11.8 Å². The van der Waals surface area contributed by atoms with E-state index in [0.29, 0.717) is 9.99 Å². The molecule has 3 N–H and O–H groups in total. The molecule has 1 amide bonds. The first-order valence-corrected chi connectivity index (χ1v) is 7.89. The Kier molecular flexibility index (Phi) is 6.85. The van der Waals surface area contributed by atoms with Crippen LogP contribution in [0.2, 0.25) is 0 Å². The fourth-order valence-corrected chi connectivity index (χ4v) is 3.56. The summed E-state index contributed by atoms with van der Waals surface area (Å²) in [6.07, 6.45) is 0. The summed E-state index contributed by atoms with van der Waals surface area (Å²) in [7, 11) is 0. The van der Waals surface area contributed by atoms with Crippen LogP contribution >= 0.6 is 23.5 Å². The molecule has 0 bridgehead atoms. The van der Waals surface area contributed by atoms with E-state index >= 15 is 0 Å². The molecule has 0 aromatic heterocycles. The number of aliphatic carboxylic acids is 1. The van der Waals surface area contributed by atoms with E-state index in [9.17, 15) is 9.59 Å². The lowest BCUT2D eigenvalue weighted by Crippen LogP contribution is -2.14. The fraction of sp³-hybridized carbons (Fsp3) is 0.214. The van der Waals surface area contributed by atoms with Crippen LogP contribution in [0.1, 0.15) is 11.1 Å². The lowest BCUT2D eigenvalue weighted by molar-refractivity contribution is -0.133. The van der Waals surface area contributed by atoms with Gasteiger partial charge in [0.15, 0.2) is 0 Å². The van der Waals surface area contributed by atoms with Crippen LogP contribution in [-0.2, 0) is 15.3 Å². The van der Waals surface area contributed by atoms with Gasteiger partial charge < -0.3 is 10.8 Å². The SMILES string of the molecule is Cc1ccccc1CS/C(SCC(=O)O)=C(/C#N)C(N)=O. The predicted octanol–water partition coefficient (Wildman–Crippen LogP) is 2.27. The summed E-state index contributed by atoms with van der Waals surface area (Å²) >= 11 is 2.18. The smallest absolute Gasteiger partial charge is 0.313 e. The van der Waals surface area contributed by atoms with Crippen molar-refractivity contribution in [2.45, 2.75) is 12.7 Å². The number of rotatable bonds is 7. The minimum Gasteiger partial charge on any atom is -0.481 e. The molecule has 1 aromatic rings. The third kappa shape index (κ3) is 5.53. The van der Waals surface area contributed by atoms with E-state index < -0.39 is 11.9 Å². The van der Waals surface area contributed by atoms with Crippen molar-refractivity contribution in [3.8, 4) is 6.07 Å². The molecule has 110 valence electrons. The average Bonchev–Trinajstić information content (AvgIpc) is 2.43. The number of aryl methyl sites for hydroxylation is 1. The standard InChI is InChI=1S/C14H14N2O3S2/c1-9-4-2-3-5-10(9)7-20-14(21-8-12(17)18)11(6-15)13(16)19/h2-5H,7-8H2,1H3,(H2,16,19)(H,17,18)/b14-11+. The zero-order chi connectivity index (χ0) is 15.8. The monoisotopic (exact) mass is 322 g/mol. The first kappa shape index (κ1) is 17.1. The quantitative estimate of drug-likeness (QED) is 0.589. The van der Waals surface area contributed by atoms with Crippen LogP contribution in [0.5, 0.6) is 0 Å².